The van der Waals surface area contributed by atoms with Crippen molar-refractivity contribution in [2.45, 2.75) is 31.1 Å². The highest BCUT2D eigenvalue weighted by Gasteiger charge is 2.24. The van der Waals surface area contributed by atoms with Crippen LogP contribution in [0.3, 0.4) is 0 Å². The molecule has 1 aliphatic heterocycles. The summed E-state index contributed by atoms with van der Waals surface area (Å²) < 4.78 is 33.6. The van der Waals surface area contributed by atoms with Crippen LogP contribution in [0.25, 0.3) is 10.2 Å². The van der Waals surface area contributed by atoms with E-state index in [0.29, 0.717) is 23.8 Å². The number of hydrogen-bond donors (Lipinski definition) is 0. The van der Waals surface area contributed by atoms with Crippen LogP contribution in [-0.4, -0.2) is 81.5 Å². The number of fused-ring (bicyclic) bond motifs is 1. The third kappa shape index (κ3) is 6.30. The van der Waals surface area contributed by atoms with Gasteiger partial charge in [-0.2, -0.15) is 0 Å². The fourth-order valence-electron chi connectivity index (χ4n) is 4.14. The number of amides is 1. The topological polar surface area (TPSA) is 83.1 Å². The first-order valence-electron chi connectivity index (χ1n) is 12.4. The quantitative estimate of drug-likeness (QED) is 0.371. The summed E-state index contributed by atoms with van der Waals surface area (Å²) in [5.74, 6) is -0.181. The number of morpholine rings is 1. The second-order valence-electron chi connectivity index (χ2n) is 8.93. The van der Waals surface area contributed by atoms with Gasteiger partial charge in [0.2, 0.25) is 10.0 Å². The standard InChI is InChI=1S/C26H34N4O4S2/c1-3-4-14-28(2)36(32,33)22-12-10-21(11-13-22)25(31)30(16-7-15-29-17-19-34-20-18-29)26-27-23-8-5-6-9-24(23)35-26/h5-6,8-13H,3-4,7,14-20H2,1-2H3. The summed E-state index contributed by atoms with van der Waals surface area (Å²) in [5.41, 5.74) is 1.30. The van der Waals surface area contributed by atoms with E-state index >= 15 is 0 Å². The average Bonchev–Trinajstić information content (AvgIpc) is 3.34. The summed E-state index contributed by atoms with van der Waals surface area (Å²) in [5, 5.41) is 0.652. The van der Waals surface area contributed by atoms with E-state index in [2.05, 4.69) is 4.90 Å². The van der Waals surface area contributed by atoms with Gasteiger partial charge in [-0.25, -0.2) is 17.7 Å². The van der Waals surface area contributed by atoms with Crippen LogP contribution in [0.4, 0.5) is 5.13 Å². The molecule has 2 aromatic carbocycles. The van der Waals surface area contributed by atoms with Crippen molar-refractivity contribution in [2.24, 2.45) is 0 Å². The van der Waals surface area contributed by atoms with Gasteiger partial charge in [0.05, 0.1) is 28.3 Å². The van der Waals surface area contributed by atoms with E-state index in [0.717, 1.165) is 62.3 Å². The number of aromatic nitrogens is 1. The predicted octanol–water partition coefficient (Wildman–Crippen LogP) is 4.09. The first kappa shape index (κ1) is 26.7. The monoisotopic (exact) mass is 530 g/mol. The maximum Gasteiger partial charge on any atom is 0.260 e. The Morgan fingerprint density at radius 3 is 2.47 bits per heavy atom. The van der Waals surface area contributed by atoms with Crippen molar-refractivity contribution in [3.05, 3.63) is 54.1 Å². The highest BCUT2D eigenvalue weighted by atomic mass is 32.2. The summed E-state index contributed by atoms with van der Waals surface area (Å²) in [6.07, 6.45) is 2.52. The second-order valence-corrected chi connectivity index (χ2v) is 12.0. The number of ether oxygens (including phenoxy) is 1. The van der Waals surface area contributed by atoms with Crippen LogP contribution in [0.15, 0.2) is 53.4 Å². The highest BCUT2D eigenvalue weighted by molar-refractivity contribution is 7.89. The normalized spacial score (nSPS) is 15.0. The number of sulfonamides is 1. The van der Waals surface area contributed by atoms with E-state index in [-0.39, 0.29) is 10.8 Å². The molecule has 194 valence electrons. The summed E-state index contributed by atoms with van der Waals surface area (Å²) >= 11 is 1.49. The molecule has 0 radical (unpaired) electrons. The zero-order valence-corrected chi connectivity index (χ0v) is 22.6. The molecule has 1 saturated heterocycles. The summed E-state index contributed by atoms with van der Waals surface area (Å²) in [6.45, 7) is 7.17. The van der Waals surface area contributed by atoms with Gasteiger partial charge in [-0.05, 0) is 49.2 Å². The molecule has 2 heterocycles. The number of hydrogen-bond acceptors (Lipinski definition) is 7. The number of carbonyl (C=O) groups is 1. The van der Waals surface area contributed by atoms with Crippen LogP contribution in [0, 0.1) is 0 Å². The van der Waals surface area contributed by atoms with Gasteiger partial charge in [-0.15, -0.1) is 0 Å². The lowest BCUT2D eigenvalue weighted by Gasteiger charge is -2.27. The van der Waals surface area contributed by atoms with Crippen molar-refractivity contribution in [3.63, 3.8) is 0 Å². The molecule has 1 aromatic heterocycles. The van der Waals surface area contributed by atoms with E-state index < -0.39 is 10.0 Å². The molecule has 0 saturated carbocycles. The zero-order chi connectivity index (χ0) is 25.5. The van der Waals surface area contributed by atoms with Crippen molar-refractivity contribution < 1.29 is 17.9 Å². The number of thiazole rings is 1. The molecule has 0 unspecified atom stereocenters. The lowest BCUT2D eigenvalue weighted by molar-refractivity contribution is 0.0376. The molecule has 1 fully saturated rings. The molecule has 0 N–H and O–H groups in total. The lowest BCUT2D eigenvalue weighted by Crippen LogP contribution is -2.39. The third-order valence-corrected chi connectivity index (χ3v) is 9.28. The maximum atomic E-state index is 13.6. The molecule has 1 aliphatic rings. The molecule has 4 rings (SSSR count). The lowest BCUT2D eigenvalue weighted by atomic mass is 10.2. The van der Waals surface area contributed by atoms with Crippen molar-refractivity contribution in [1.82, 2.24) is 14.2 Å². The predicted molar refractivity (Wildman–Crippen MR) is 144 cm³/mol. The number of unbranched alkanes of at least 4 members (excludes halogenated alkanes) is 1. The Hall–Kier alpha value is -2.37. The van der Waals surface area contributed by atoms with Crippen molar-refractivity contribution >= 4 is 42.6 Å². The molecule has 8 nitrogen and oxygen atoms in total. The maximum absolute atomic E-state index is 13.6. The largest absolute Gasteiger partial charge is 0.379 e. The van der Waals surface area contributed by atoms with Gasteiger partial charge < -0.3 is 4.74 Å². The Kier molecular flexibility index (Phi) is 9.08. The van der Waals surface area contributed by atoms with E-state index in [1.165, 1.54) is 27.8 Å². The number of rotatable bonds is 11. The molecule has 36 heavy (non-hydrogen) atoms. The van der Waals surface area contributed by atoms with Gasteiger partial charge in [0, 0.05) is 45.3 Å². The van der Waals surface area contributed by atoms with Crippen LogP contribution in [-0.2, 0) is 14.8 Å². The van der Waals surface area contributed by atoms with Gasteiger partial charge in [-0.3, -0.25) is 14.6 Å². The molecular weight excluding hydrogens is 496 g/mol. The molecule has 0 spiro atoms. The fourth-order valence-corrected chi connectivity index (χ4v) is 6.34. The SMILES string of the molecule is CCCCN(C)S(=O)(=O)c1ccc(C(=O)N(CCCN2CCOCC2)c2nc3ccccc3s2)cc1. The third-order valence-electron chi connectivity index (χ3n) is 6.35. The van der Waals surface area contributed by atoms with Crippen LogP contribution >= 0.6 is 11.3 Å². The molecular formula is C26H34N4O4S2. The second kappa shape index (κ2) is 12.2. The molecule has 10 heteroatoms. The van der Waals surface area contributed by atoms with E-state index in [9.17, 15) is 13.2 Å². The number of benzene rings is 2. The number of anilines is 1. The van der Waals surface area contributed by atoms with E-state index in [1.54, 1.807) is 24.1 Å². The highest BCUT2D eigenvalue weighted by Crippen LogP contribution is 2.30. The smallest absolute Gasteiger partial charge is 0.260 e. The number of para-hydroxylation sites is 1. The van der Waals surface area contributed by atoms with Gasteiger partial charge in [0.15, 0.2) is 5.13 Å². The summed E-state index contributed by atoms with van der Waals surface area (Å²) in [6, 6.07) is 14.1. The van der Waals surface area contributed by atoms with Gasteiger partial charge in [0.1, 0.15) is 0 Å². The van der Waals surface area contributed by atoms with Gasteiger partial charge >= 0.3 is 0 Å². The van der Waals surface area contributed by atoms with Crippen LogP contribution < -0.4 is 4.90 Å². The molecule has 3 aromatic rings. The first-order valence-corrected chi connectivity index (χ1v) is 14.7. The minimum atomic E-state index is -3.59. The van der Waals surface area contributed by atoms with E-state index in [1.807, 2.05) is 31.2 Å². The van der Waals surface area contributed by atoms with Crippen LogP contribution in [0.2, 0.25) is 0 Å². The van der Waals surface area contributed by atoms with Crippen molar-refractivity contribution in [2.75, 3.05) is 57.9 Å². The first-order chi connectivity index (χ1) is 17.4. The zero-order valence-electron chi connectivity index (χ0n) is 20.9. The number of nitrogens with zero attached hydrogens (tertiary/aromatic N) is 4. The Morgan fingerprint density at radius 1 is 1.06 bits per heavy atom. The molecule has 0 bridgehead atoms. The van der Waals surface area contributed by atoms with Crippen LogP contribution in [0.5, 0.6) is 0 Å². The average molecular weight is 531 g/mol. The molecule has 1 amide bonds. The van der Waals surface area contributed by atoms with E-state index in [4.69, 9.17) is 9.72 Å². The summed E-state index contributed by atoms with van der Waals surface area (Å²) in [4.78, 5) is 22.6. The Morgan fingerprint density at radius 2 is 1.78 bits per heavy atom. The van der Waals surface area contributed by atoms with Crippen LogP contribution in [0.1, 0.15) is 36.5 Å². The minimum Gasteiger partial charge on any atom is -0.379 e. The Bertz CT molecular complexity index is 1220. The fraction of sp³-hybridized carbons (Fsp3) is 0.462. The van der Waals surface area contributed by atoms with Crippen molar-refractivity contribution in [1.29, 1.82) is 0 Å². The minimum absolute atomic E-state index is 0.181. The number of carbonyl (C=O) groups excluding carboxylic acids is 1. The Labute approximate surface area is 217 Å². The van der Waals surface area contributed by atoms with Gasteiger partial charge in [0.25, 0.3) is 5.91 Å². The van der Waals surface area contributed by atoms with Crippen molar-refractivity contribution in [3.8, 4) is 0 Å². The van der Waals surface area contributed by atoms with Gasteiger partial charge in [-0.1, -0.05) is 36.8 Å². The summed E-state index contributed by atoms with van der Waals surface area (Å²) in [7, 11) is -2.00. The Balaban J connectivity index is 1.53. The molecule has 0 aliphatic carbocycles. The molecule has 0 atom stereocenters.